The van der Waals surface area contributed by atoms with Crippen molar-refractivity contribution in [3.05, 3.63) is 35.6 Å². The van der Waals surface area contributed by atoms with E-state index in [4.69, 9.17) is 0 Å². The second-order valence-electron chi connectivity index (χ2n) is 4.16. The number of halogens is 1. The van der Waals surface area contributed by atoms with Crippen LogP contribution in [-0.2, 0) is 6.54 Å². The molecule has 16 heavy (non-hydrogen) atoms. The maximum Gasteiger partial charge on any atom is 0.123 e. The molecule has 0 saturated carbocycles. The lowest BCUT2D eigenvalue weighted by molar-refractivity contribution is 0.224. The third kappa shape index (κ3) is 3.91. The van der Waals surface area contributed by atoms with Gasteiger partial charge in [0.1, 0.15) is 5.82 Å². The first-order valence-electron chi connectivity index (χ1n) is 5.76. The minimum absolute atomic E-state index is 0.173. The van der Waals surface area contributed by atoms with E-state index < -0.39 is 0 Å². The average Bonchev–Trinajstić information content (AvgIpc) is 2.29. The number of nitrogens with one attached hydrogen (secondary N) is 1. The van der Waals surface area contributed by atoms with Crippen molar-refractivity contribution in [2.75, 3.05) is 20.6 Å². The number of hydrogen-bond acceptors (Lipinski definition) is 2. The fourth-order valence-corrected chi connectivity index (χ4v) is 1.85. The van der Waals surface area contributed by atoms with E-state index in [9.17, 15) is 4.39 Å². The summed E-state index contributed by atoms with van der Waals surface area (Å²) < 4.78 is 12.7. The summed E-state index contributed by atoms with van der Waals surface area (Å²) in [5.74, 6) is -0.173. The molecular weight excluding hydrogens is 203 g/mol. The lowest BCUT2D eigenvalue weighted by atomic mass is 10.1. The third-order valence-electron chi connectivity index (χ3n) is 2.88. The summed E-state index contributed by atoms with van der Waals surface area (Å²) in [6, 6.07) is 7.25. The Labute approximate surface area is 97.5 Å². The summed E-state index contributed by atoms with van der Waals surface area (Å²) in [5, 5.41) is 3.19. The van der Waals surface area contributed by atoms with Crippen molar-refractivity contribution in [2.45, 2.75) is 25.9 Å². The highest BCUT2D eigenvalue weighted by Crippen LogP contribution is 2.09. The van der Waals surface area contributed by atoms with Crippen LogP contribution in [0.1, 0.15) is 18.9 Å². The number of likely N-dealkylation sites (N-methyl/N-ethyl adjacent to an activating group) is 2. The van der Waals surface area contributed by atoms with Crippen LogP contribution in [0, 0.1) is 5.82 Å². The molecule has 0 aliphatic carbocycles. The molecule has 0 spiro atoms. The van der Waals surface area contributed by atoms with Crippen LogP contribution in [0.25, 0.3) is 0 Å². The fraction of sp³-hybridized carbons (Fsp3) is 0.538. The maximum atomic E-state index is 12.7. The highest BCUT2D eigenvalue weighted by atomic mass is 19.1. The first-order valence-corrected chi connectivity index (χ1v) is 5.76. The van der Waals surface area contributed by atoms with Gasteiger partial charge < -0.3 is 5.32 Å². The second kappa shape index (κ2) is 6.61. The van der Waals surface area contributed by atoms with Crippen LogP contribution < -0.4 is 5.32 Å². The van der Waals surface area contributed by atoms with Gasteiger partial charge in [-0.05, 0) is 38.2 Å². The Kier molecular flexibility index (Phi) is 5.43. The normalized spacial score (nSPS) is 13.1. The largest absolute Gasteiger partial charge is 0.318 e. The van der Waals surface area contributed by atoms with E-state index in [0.29, 0.717) is 6.04 Å². The Bertz CT molecular complexity index is 297. The first-order chi connectivity index (χ1) is 7.67. The number of benzene rings is 1. The Morgan fingerprint density at radius 2 is 1.94 bits per heavy atom. The van der Waals surface area contributed by atoms with Gasteiger partial charge in [0.25, 0.3) is 0 Å². The molecule has 0 fully saturated rings. The maximum absolute atomic E-state index is 12.7. The van der Waals surface area contributed by atoms with Crippen molar-refractivity contribution in [3.63, 3.8) is 0 Å². The van der Waals surface area contributed by atoms with Gasteiger partial charge in [-0.15, -0.1) is 0 Å². The fourth-order valence-electron chi connectivity index (χ4n) is 1.85. The van der Waals surface area contributed by atoms with Crippen LogP contribution in [0.15, 0.2) is 24.3 Å². The molecule has 1 aromatic rings. The van der Waals surface area contributed by atoms with Crippen molar-refractivity contribution < 1.29 is 4.39 Å². The standard InChI is InChI=1S/C13H21FN2/c1-4-13(9-15-2)16(3)10-11-5-7-12(14)8-6-11/h5-8,13,15H,4,9-10H2,1-3H3. The molecule has 90 valence electrons. The van der Waals surface area contributed by atoms with E-state index >= 15 is 0 Å². The van der Waals surface area contributed by atoms with Gasteiger partial charge in [0.15, 0.2) is 0 Å². The zero-order valence-corrected chi connectivity index (χ0v) is 10.3. The van der Waals surface area contributed by atoms with Gasteiger partial charge in [0.2, 0.25) is 0 Å². The minimum Gasteiger partial charge on any atom is -0.318 e. The summed E-state index contributed by atoms with van der Waals surface area (Å²) in [5.41, 5.74) is 1.15. The zero-order chi connectivity index (χ0) is 12.0. The number of rotatable bonds is 6. The van der Waals surface area contributed by atoms with Gasteiger partial charge in [-0.3, -0.25) is 4.90 Å². The van der Waals surface area contributed by atoms with Gasteiger partial charge in [0, 0.05) is 19.1 Å². The second-order valence-corrected chi connectivity index (χ2v) is 4.16. The Hall–Kier alpha value is -0.930. The van der Waals surface area contributed by atoms with Crippen LogP contribution in [0.3, 0.4) is 0 Å². The highest BCUT2D eigenvalue weighted by molar-refractivity contribution is 5.15. The van der Waals surface area contributed by atoms with Crippen LogP contribution in [0.4, 0.5) is 4.39 Å². The molecule has 0 aliphatic rings. The molecule has 1 rings (SSSR count). The lowest BCUT2D eigenvalue weighted by Crippen LogP contribution is -2.38. The molecule has 0 radical (unpaired) electrons. The van der Waals surface area contributed by atoms with Gasteiger partial charge in [-0.1, -0.05) is 19.1 Å². The van der Waals surface area contributed by atoms with E-state index in [2.05, 4.69) is 24.2 Å². The number of hydrogen-bond donors (Lipinski definition) is 1. The Morgan fingerprint density at radius 1 is 1.31 bits per heavy atom. The van der Waals surface area contributed by atoms with Crippen molar-refractivity contribution in [2.24, 2.45) is 0 Å². The predicted molar refractivity (Wildman–Crippen MR) is 65.9 cm³/mol. The molecule has 0 aromatic heterocycles. The molecular formula is C13H21FN2. The topological polar surface area (TPSA) is 15.3 Å². The van der Waals surface area contributed by atoms with Gasteiger partial charge in [-0.25, -0.2) is 4.39 Å². The van der Waals surface area contributed by atoms with E-state index in [1.54, 1.807) is 0 Å². The van der Waals surface area contributed by atoms with Crippen molar-refractivity contribution >= 4 is 0 Å². The molecule has 0 aliphatic heterocycles. The van der Waals surface area contributed by atoms with E-state index in [-0.39, 0.29) is 5.82 Å². The molecule has 1 atom stereocenters. The number of nitrogens with zero attached hydrogens (tertiary/aromatic N) is 1. The summed E-state index contributed by atoms with van der Waals surface area (Å²) in [7, 11) is 4.07. The predicted octanol–water partition coefficient (Wildman–Crippen LogP) is 2.26. The molecule has 3 heteroatoms. The quantitative estimate of drug-likeness (QED) is 0.797. The molecule has 1 N–H and O–H groups in total. The molecule has 0 saturated heterocycles. The van der Waals surface area contributed by atoms with Crippen molar-refractivity contribution in [1.29, 1.82) is 0 Å². The van der Waals surface area contributed by atoms with Crippen LogP contribution in [0.5, 0.6) is 0 Å². The van der Waals surface area contributed by atoms with E-state index in [1.165, 1.54) is 12.1 Å². The highest BCUT2D eigenvalue weighted by Gasteiger charge is 2.11. The summed E-state index contributed by atoms with van der Waals surface area (Å²) >= 11 is 0. The summed E-state index contributed by atoms with van der Waals surface area (Å²) in [6.07, 6.45) is 1.11. The Balaban J connectivity index is 2.55. The molecule has 2 nitrogen and oxygen atoms in total. The third-order valence-corrected chi connectivity index (χ3v) is 2.88. The summed E-state index contributed by atoms with van der Waals surface area (Å²) in [6.45, 7) is 4.03. The van der Waals surface area contributed by atoms with Crippen LogP contribution in [-0.4, -0.2) is 31.6 Å². The van der Waals surface area contributed by atoms with Gasteiger partial charge >= 0.3 is 0 Å². The molecule has 1 aromatic carbocycles. The molecule has 0 bridgehead atoms. The van der Waals surface area contributed by atoms with E-state index in [0.717, 1.165) is 25.1 Å². The van der Waals surface area contributed by atoms with Gasteiger partial charge in [-0.2, -0.15) is 0 Å². The van der Waals surface area contributed by atoms with Crippen molar-refractivity contribution in [1.82, 2.24) is 10.2 Å². The van der Waals surface area contributed by atoms with Crippen LogP contribution in [0.2, 0.25) is 0 Å². The minimum atomic E-state index is -0.173. The molecule has 0 amide bonds. The smallest absolute Gasteiger partial charge is 0.123 e. The monoisotopic (exact) mass is 224 g/mol. The van der Waals surface area contributed by atoms with Gasteiger partial charge in [0.05, 0.1) is 0 Å². The summed E-state index contributed by atoms with van der Waals surface area (Å²) in [4.78, 5) is 2.30. The van der Waals surface area contributed by atoms with Crippen molar-refractivity contribution in [3.8, 4) is 0 Å². The zero-order valence-electron chi connectivity index (χ0n) is 10.3. The lowest BCUT2D eigenvalue weighted by Gasteiger charge is -2.27. The molecule has 0 heterocycles. The van der Waals surface area contributed by atoms with E-state index in [1.807, 2.05) is 19.2 Å². The molecule has 1 unspecified atom stereocenters. The Morgan fingerprint density at radius 3 is 2.44 bits per heavy atom. The van der Waals surface area contributed by atoms with Crippen LogP contribution >= 0.6 is 0 Å². The average molecular weight is 224 g/mol. The first kappa shape index (κ1) is 13.1. The SMILES string of the molecule is CCC(CNC)N(C)Cc1ccc(F)cc1.